The summed E-state index contributed by atoms with van der Waals surface area (Å²) in [6, 6.07) is 6.53. The first-order valence-electron chi connectivity index (χ1n) is 7.52. The first kappa shape index (κ1) is 18.1. The van der Waals surface area contributed by atoms with Crippen LogP contribution in [0.1, 0.15) is 32.8 Å². The maximum atomic E-state index is 13.2. The van der Waals surface area contributed by atoms with E-state index >= 15 is 0 Å². The molecule has 0 bridgehead atoms. The number of halogens is 1. The molecule has 0 aliphatic rings. The molecule has 1 aromatic carbocycles. The summed E-state index contributed by atoms with van der Waals surface area (Å²) in [4.78, 5) is 0. The van der Waals surface area contributed by atoms with Crippen LogP contribution in [0.3, 0.4) is 0 Å². The number of rotatable bonds is 9. The van der Waals surface area contributed by atoms with Crippen LogP contribution in [-0.2, 0) is 16.3 Å². The maximum absolute atomic E-state index is 13.2. The fourth-order valence-electron chi connectivity index (χ4n) is 2.19. The number of hydrogen-bond donors (Lipinski definition) is 1. The van der Waals surface area contributed by atoms with Crippen molar-refractivity contribution in [2.24, 2.45) is 5.92 Å². The molecular weight excluding hydrogens is 289 g/mol. The highest BCUT2D eigenvalue weighted by molar-refractivity contribution is 7.91. The van der Waals surface area contributed by atoms with Crippen LogP contribution in [0, 0.1) is 11.7 Å². The minimum atomic E-state index is -3.02. The van der Waals surface area contributed by atoms with Crippen LogP contribution >= 0.6 is 0 Å². The van der Waals surface area contributed by atoms with Gasteiger partial charge in [-0.05, 0) is 63.4 Å². The average molecular weight is 315 g/mol. The van der Waals surface area contributed by atoms with Gasteiger partial charge in [-0.2, -0.15) is 0 Å². The van der Waals surface area contributed by atoms with E-state index in [9.17, 15) is 12.8 Å². The van der Waals surface area contributed by atoms with Crippen LogP contribution in [0.4, 0.5) is 4.39 Å². The lowest BCUT2D eigenvalue weighted by atomic mass is 9.97. The van der Waals surface area contributed by atoms with Gasteiger partial charge in [0, 0.05) is 0 Å². The summed E-state index contributed by atoms with van der Waals surface area (Å²) in [6.45, 7) is 7.03. The highest BCUT2D eigenvalue weighted by atomic mass is 32.2. The van der Waals surface area contributed by atoms with Crippen molar-refractivity contribution in [3.63, 3.8) is 0 Å². The van der Waals surface area contributed by atoms with Gasteiger partial charge in [0.1, 0.15) is 5.82 Å². The first-order chi connectivity index (χ1) is 9.85. The maximum Gasteiger partial charge on any atom is 0.152 e. The molecule has 1 aromatic rings. The number of benzene rings is 1. The second-order valence-corrected chi connectivity index (χ2v) is 8.39. The van der Waals surface area contributed by atoms with Crippen LogP contribution < -0.4 is 5.32 Å². The van der Waals surface area contributed by atoms with Crippen molar-refractivity contribution in [1.29, 1.82) is 0 Å². The van der Waals surface area contributed by atoms with Gasteiger partial charge in [0.25, 0.3) is 0 Å². The predicted octanol–water partition coefficient (Wildman–Crippen LogP) is 2.81. The Labute approximate surface area is 127 Å². The molecule has 0 aromatic heterocycles. The molecule has 1 rings (SSSR count). The van der Waals surface area contributed by atoms with Gasteiger partial charge in [-0.25, -0.2) is 12.8 Å². The Hall–Kier alpha value is -0.940. The molecule has 0 saturated heterocycles. The summed E-state index contributed by atoms with van der Waals surface area (Å²) in [6.07, 6.45) is 1.29. The van der Waals surface area contributed by atoms with Gasteiger partial charge in [0.15, 0.2) is 9.84 Å². The molecule has 120 valence electrons. The van der Waals surface area contributed by atoms with Crippen molar-refractivity contribution in [2.75, 3.05) is 18.8 Å². The molecule has 0 radical (unpaired) electrons. The van der Waals surface area contributed by atoms with E-state index < -0.39 is 9.84 Å². The second-order valence-electron chi connectivity index (χ2n) is 5.71. The van der Waals surface area contributed by atoms with Crippen LogP contribution in [0.25, 0.3) is 0 Å². The second kappa shape index (κ2) is 8.49. The standard InChI is InChI=1S/C16H26FNO2S/c1-4-18-12-15(8-9-21(19,20)13(2)3)10-14-6-5-7-16(17)11-14/h5-7,11,13,15,18H,4,8-10,12H2,1-3H3. The molecule has 1 unspecified atom stereocenters. The predicted molar refractivity (Wildman–Crippen MR) is 85.7 cm³/mol. The molecule has 1 N–H and O–H groups in total. The zero-order chi connectivity index (χ0) is 15.9. The summed E-state index contributed by atoms with van der Waals surface area (Å²) in [5, 5.41) is 2.92. The van der Waals surface area contributed by atoms with Gasteiger partial charge >= 0.3 is 0 Å². The Morgan fingerprint density at radius 2 is 2.00 bits per heavy atom. The molecule has 21 heavy (non-hydrogen) atoms. The fraction of sp³-hybridized carbons (Fsp3) is 0.625. The normalized spacial score (nSPS) is 13.6. The molecule has 0 amide bonds. The molecule has 5 heteroatoms. The molecule has 0 aliphatic carbocycles. The van der Waals surface area contributed by atoms with Crippen LogP contribution in [0.2, 0.25) is 0 Å². The van der Waals surface area contributed by atoms with Crippen molar-refractivity contribution in [3.8, 4) is 0 Å². The van der Waals surface area contributed by atoms with Crippen molar-refractivity contribution >= 4 is 9.84 Å². The summed E-state index contributed by atoms with van der Waals surface area (Å²) in [7, 11) is -3.02. The van der Waals surface area contributed by atoms with Gasteiger partial charge in [-0.1, -0.05) is 19.1 Å². The lowest BCUT2D eigenvalue weighted by Crippen LogP contribution is -2.27. The Balaban J connectivity index is 2.67. The molecule has 0 saturated carbocycles. The van der Waals surface area contributed by atoms with Gasteiger partial charge in [0.05, 0.1) is 11.0 Å². The smallest absolute Gasteiger partial charge is 0.152 e. The SMILES string of the molecule is CCNCC(CCS(=O)(=O)C(C)C)Cc1cccc(F)c1. The fourth-order valence-corrected chi connectivity index (χ4v) is 3.32. The molecule has 0 aliphatic heterocycles. The molecule has 1 atom stereocenters. The molecule has 0 fully saturated rings. The minimum absolute atomic E-state index is 0.191. The Morgan fingerprint density at radius 1 is 1.29 bits per heavy atom. The highest BCUT2D eigenvalue weighted by Gasteiger charge is 2.19. The number of hydrogen-bond acceptors (Lipinski definition) is 3. The number of nitrogens with one attached hydrogen (secondary N) is 1. The summed E-state index contributed by atoms with van der Waals surface area (Å²) >= 11 is 0. The summed E-state index contributed by atoms with van der Waals surface area (Å²) in [5.74, 6) is 0.139. The Morgan fingerprint density at radius 3 is 2.57 bits per heavy atom. The lowest BCUT2D eigenvalue weighted by Gasteiger charge is -2.18. The third-order valence-corrected chi connectivity index (χ3v) is 5.87. The summed E-state index contributed by atoms with van der Waals surface area (Å²) in [5.41, 5.74) is 0.917. The van der Waals surface area contributed by atoms with Gasteiger partial charge < -0.3 is 5.32 Å². The minimum Gasteiger partial charge on any atom is -0.317 e. The third-order valence-electron chi connectivity index (χ3n) is 3.63. The van der Waals surface area contributed by atoms with E-state index in [0.29, 0.717) is 12.8 Å². The summed E-state index contributed by atoms with van der Waals surface area (Å²) < 4.78 is 37.1. The van der Waals surface area contributed by atoms with Crippen LogP contribution in [-0.4, -0.2) is 32.5 Å². The zero-order valence-electron chi connectivity index (χ0n) is 13.1. The largest absolute Gasteiger partial charge is 0.317 e. The molecular formula is C16H26FNO2S. The van der Waals surface area contributed by atoms with E-state index in [1.165, 1.54) is 12.1 Å². The van der Waals surface area contributed by atoms with Crippen LogP contribution in [0.15, 0.2) is 24.3 Å². The van der Waals surface area contributed by atoms with E-state index in [1.807, 2.05) is 13.0 Å². The Bertz CT molecular complexity index is 529. The van der Waals surface area contributed by atoms with Crippen molar-refractivity contribution < 1.29 is 12.8 Å². The van der Waals surface area contributed by atoms with E-state index in [1.54, 1.807) is 19.9 Å². The van der Waals surface area contributed by atoms with E-state index in [-0.39, 0.29) is 22.7 Å². The van der Waals surface area contributed by atoms with Crippen molar-refractivity contribution in [2.45, 2.75) is 38.9 Å². The van der Waals surface area contributed by atoms with Gasteiger partial charge in [0.2, 0.25) is 0 Å². The molecule has 0 heterocycles. The van der Waals surface area contributed by atoms with E-state index in [4.69, 9.17) is 0 Å². The molecule has 3 nitrogen and oxygen atoms in total. The Kier molecular flexibility index (Phi) is 7.32. The van der Waals surface area contributed by atoms with E-state index in [2.05, 4.69) is 5.32 Å². The quantitative estimate of drug-likeness (QED) is 0.762. The lowest BCUT2D eigenvalue weighted by molar-refractivity contribution is 0.463. The van der Waals surface area contributed by atoms with Crippen LogP contribution in [0.5, 0.6) is 0 Å². The number of sulfone groups is 1. The average Bonchev–Trinajstić information content (AvgIpc) is 2.41. The third kappa shape index (κ3) is 6.57. The van der Waals surface area contributed by atoms with Gasteiger partial charge in [-0.3, -0.25) is 0 Å². The monoisotopic (exact) mass is 315 g/mol. The highest BCUT2D eigenvalue weighted by Crippen LogP contribution is 2.15. The van der Waals surface area contributed by atoms with Crippen molar-refractivity contribution in [3.05, 3.63) is 35.6 Å². The zero-order valence-corrected chi connectivity index (χ0v) is 13.9. The topological polar surface area (TPSA) is 46.2 Å². The van der Waals surface area contributed by atoms with Crippen molar-refractivity contribution in [1.82, 2.24) is 5.32 Å². The first-order valence-corrected chi connectivity index (χ1v) is 9.23. The molecule has 0 spiro atoms. The van der Waals surface area contributed by atoms with E-state index in [0.717, 1.165) is 18.7 Å². The van der Waals surface area contributed by atoms with Gasteiger partial charge in [-0.15, -0.1) is 0 Å².